The highest BCUT2D eigenvalue weighted by molar-refractivity contribution is 6.00. The minimum Gasteiger partial charge on any atom is -0.493 e. The highest BCUT2D eigenvalue weighted by Crippen LogP contribution is 2.46. The van der Waals surface area contributed by atoms with Crippen molar-refractivity contribution in [2.24, 2.45) is 5.92 Å². The molecule has 2 rings (SSSR count). The van der Waals surface area contributed by atoms with Gasteiger partial charge in [-0.25, -0.2) is 0 Å². The maximum Gasteiger partial charge on any atom is 0.327 e. The maximum absolute atomic E-state index is 12.6. The van der Waals surface area contributed by atoms with Gasteiger partial charge in [0.25, 0.3) is 5.91 Å². The van der Waals surface area contributed by atoms with Crippen LogP contribution in [0.4, 0.5) is 5.69 Å². The van der Waals surface area contributed by atoms with Gasteiger partial charge in [0.15, 0.2) is 5.75 Å². The molecule has 1 N–H and O–H groups in total. The Balaban J connectivity index is 2.15. The molecular weight excluding hydrogens is 382 g/mol. The zero-order chi connectivity index (χ0) is 21.6. The van der Waals surface area contributed by atoms with Gasteiger partial charge in [-0.1, -0.05) is 6.92 Å². The molecule has 1 aliphatic heterocycles. The Morgan fingerprint density at radius 1 is 1.24 bits per heavy atom. The van der Waals surface area contributed by atoms with E-state index in [1.807, 2.05) is 0 Å². The zero-order valence-corrected chi connectivity index (χ0v) is 17.1. The lowest BCUT2D eigenvalue weighted by molar-refractivity contribution is -0.386. The minimum atomic E-state index is -0.712. The zero-order valence-electron chi connectivity index (χ0n) is 17.1. The second kappa shape index (κ2) is 9.94. The molecule has 10 nitrogen and oxygen atoms in total. The van der Waals surface area contributed by atoms with Crippen LogP contribution >= 0.6 is 0 Å². The summed E-state index contributed by atoms with van der Waals surface area (Å²) in [6, 6.07) is 1.23. The molecule has 0 aliphatic carbocycles. The summed E-state index contributed by atoms with van der Waals surface area (Å²) in [6.45, 7) is 3.60. The number of benzene rings is 1. The van der Waals surface area contributed by atoms with Gasteiger partial charge in [0.1, 0.15) is 5.56 Å². The van der Waals surface area contributed by atoms with Crippen molar-refractivity contribution in [1.82, 2.24) is 10.2 Å². The number of methoxy groups -OCH3 is 3. The molecule has 0 spiro atoms. The van der Waals surface area contributed by atoms with Crippen LogP contribution in [-0.4, -0.2) is 62.6 Å². The quantitative estimate of drug-likeness (QED) is 0.515. The Hall–Kier alpha value is -3.04. The van der Waals surface area contributed by atoms with Crippen LogP contribution in [0.2, 0.25) is 0 Å². The molecule has 160 valence electrons. The summed E-state index contributed by atoms with van der Waals surface area (Å²) in [6.07, 6.45) is 2.19. The van der Waals surface area contributed by atoms with Crippen LogP contribution in [0.5, 0.6) is 17.2 Å². The molecule has 1 saturated heterocycles. The van der Waals surface area contributed by atoms with Crippen LogP contribution < -0.4 is 19.5 Å². The van der Waals surface area contributed by atoms with E-state index in [1.165, 1.54) is 27.4 Å². The van der Waals surface area contributed by atoms with Crippen molar-refractivity contribution < 1.29 is 28.7 Å². The molecule has 1 aromatic rings. The average molecular weight is 409 g/mol. The number of ether oxygens (including phenoxy) is 3. The van der Waals surface area contributed by atoms with Crippen molar-refractivity contribution in [2.45, 2.75) is 26.2 Å². The van der Waals surface area contributed by atoms with E-state index in [0.717, 1.165) is 19.4 Å². The van der Waals surface area contributed by atoms with E-state index in [0.29, 0.717) is 12.5 Å². The number of nitrogens with zero attached hydrogens (tertiary/aromatic N) is 2. The van der Waals surface area contributed by atoms with E-state index in [2.05, 4.69) is 12.2 Å². The second-order valence-corrected chi connectivity index (χ2v) is 6.89. The molecule has 1 aliphatic rings. The number of piperidine rings is 1. The van der Waals surface area contributed by atoms with Crippen LogP contribution in [0.15, 0.2) is 6.07 Å². The van der Waals surface area contributed by atoms with Crippen LogP contribution in [0.3, 0.4) is 0 Å². The number of hydrogen-bond acceptors (Lipinski definition) is 7. The Morgan fingerprint density at radius 3 is 2.48 bits per heavy atom. The van der Waals surface area contributed by atoms with E-state index in [9.17, 15) is 19.7 Å². The number of nitrogens with one attached hydrogen (secondary N) is 1. The Labute approximate surface area is 169 Å². The third kappa shape index (κ3) is 5.07. The summed E-state index contributed by atoms with van der Waals surface area (Å²) in [5.41, 5.74) is -0.762. The molecule has 1 unspecified atom stereocenters. The highest BCUT2D eigenvalue weighted by Gasteiger charge is 2.32. The monoisotopic (exact) mass is 409 g/mol. The normalized spacial score (nSPS) is 16.1. The van der Waals surface area contributed by atoms with Crippen molar-refractivity contribution >= 4 is 17.5 Å². The fourth-order valence-electron chi connectivity index (χ4n) is 3.45. The molecule has 1 aromatic carbocycles. The predicted molar refractivity (Wildman–Crippen MR) is 105 cm³/mol. The Kier molecular flexibility index (Phi) is 7.63. The largest absolute Gasteiger partial charge is 0.493 e. The first-order valence-electron chi connectivity index (χ1n) is 9.37. The molecule has 1 atom stereocenters. The van der Waals surface area contributed by atoms with Gasteiger partial charge in [0, 0.05) is 32.1 Å². The van der Waals surface area contributed by atoms with Crippen LogP contribution in [0.25, 0.3) is 0 Å². The molecule has 2 amide bonds. The van der Waals surface area contributed by atoms with E-state index < -0.39 is 16.5 Å². The van der Waals surface area contributed by atoms with Gasteiger partial charge in [-0.3, -0.25) is 19.7 Å². The molecule has 29 heavy (non-hydrogen) atoms. The van der Waals surface area contributed by atoms with Crippen LogP contribution in [0.1, 0.15) is 36.5 Å². The number of carbonyl (C=O) groups is 2. The number of nitro groups is 1. The molecule has 0 radical (unpaired) electrons. The standard InChI is InChI=1S/C19H27N3O7/c1-12-6-5-9-21(11-12)15(23)7-8-20-19(24)13-10-14(27-2)17(28-3)18(29-4)16(13)22(25)26/h10,12H,5-9,11H2,1-4H3,(H,20,24). The summed E-state index contributed by atoms with van der Waals surface area (Å²) in [5, 5.41) is 14.2. The lowest BCUT2D eigenvalue weighted by Crippen LogP contribution is -2.40. The SMILES string of the molecule is COc1cc(C(=O)NCCC(=O)N2CCCC(C)C2)c([N+](=O)[O-])c(OC)c1OC. The molecule has 1 fully saturated rings. The van der Waals surface area contributed by atoms with Gasteiger partial charge >= 0.3 is 5.69 Å². The van der Waals surface area contributed by atoms with Crippen molar-refractivity contribution in [1.29, 1.82) is 0 Å². The number of likely N-dealkylation sites (tertiary alicyclic amines) is 1. The van der Waals surface area contributed by atoms with Gasteiger partial charge < -0.3 is 24.4 Å². The van der Waals surface area contributed by atoms with Crippen LogP contribution in [0, 0.1) is 16.0 Å². The van der Waals surface area contributed by atoms with Gasteiger partial charge in [-0.2, -0.15) is 0 Å². The number of hydrogen-bond donors (Lipinski definition) is 1. The van der Waals surface area contributed by atoms with Crippen LogP contribution in [-0.2, 0) is 4.79 Å². The minimum absolute atomic E-state index is 0.0210. The lowest BCUT2D eigenvalue weighted by atomic mass is 10.00. The van der Waals surface area contributed by atoms with Gasteiger partial charge in [-0.15, -0.1) is 0 Å². The maximum atomic E-state index is 12.6. The number of carbonyl (C=O) groups excluding carboxylic acids is 2. The van der Waals surface area contributed by atoms with E-state index >= 15 is 0 Å². The second-order valence-electron chi connectivity index (χ2n) is 6.89. The molecule has 0 bridgehead atoms. The summed E-state index contributed by atoms with van der Waals surface area (Å²) in [7, 11) is 3.91. The summed E-state index contributed by atoms with van der Waals surface area (Å²) < 4.78 is 15.4. The fourth-order valence-corrected chi connectivity index (χ4v) is 3.45. The first kappa shape index (κ1) is 22.3. The summed E-state index contributed by atoms with van der Waals surface area (Å²) in [5.74, 6) is -0.345. The fraction of sp³-hybridized carbons (Fsp3) is 0.579. The molecule has 0 saturated carbocycles. The molecular formula is C19H27N3O7. The summed E-state index contributed by atoms with van der Waals surface area (Å²) in [4.78, 5) is 37.6. The van der Waals surface area contributed by atoms with Crippen molar-refractivity contribution in [2.75, 3.05) is 41.0 Å². The number of rotatable bonds is 8. The van der Waals surface area contributed by atoms with E-state index in [1.54, 1.807) is 4.90 Å². The van der Waals surface area contributed by atoms with Gasteiger partial charge in [0.05, 0.1) is 26.3 Å². The number of nitro benzene ring substituents is 1. The third-order valence-electron chi connectivity index (χ3n) is 4.87. The first-order chi connectivity index (χ1) is 13.8. The van der Waals surface area contributed by atoms with E-state index in [4.69, 9.17) is 14.2 Å². The van der Waals surface area contributed by atoms with Gasteiger partial charge in [-0.05, 0) is 18.8 Å². The molecule has 0 aromatic heterocycles. The molecule has 1 heterocycles. The Bertz CT molecular complexity index is 782. The third-order valence-corrected chi connectivity index (χ3v) is 4.87. The van der Waals surface area contributed by atoms with Gasteiger partial charge in [0.2, 0.25) is 17.4 Å². The lowest BCUT2D eigenvalue weighted by Gasteiger charge is -2.31. The summed E-state index contributed by atoms with van der Waals surface area (Å²) >= 11 is 0. The average Bonchev–Trinajstić information content (AvgIpc) is 2.71. The predicted octanol–water partition coefficient (Wildman–Crippen LogP) is 2.00. The van der Waals surface area contributed by atoms with Crippen molar-refractivity contribution in [3.05, 3.63) is 21.7 Å². The van der Waals surface area contributed by atoms with Crippen molar-refractivity contribution in [3.8, 4) is 17.2 Å². The first-order valence-corrected chi connectivity index (χ1v) is 9.37. The topological polar surface area (TPSA) is 120 Å². The van der Waals surface area contributed by atoms with E-state index in [-0.39, 0.29) is 41.7 Å². The Morgan fingerprint density at radius 2 is 1.93 bits per heavy atom. The highest BCUT2D eigenvalue weighted by atomic mass is 16.6. The number of amides is 2. The molecule has 10 heteroatoms. The van der Waals surface area contributed by atoms with Crippen molar-refractivity contribution in [3.63, 3.8) is 0 Å². The smallest absolute Gasteiger partial charge is 0.327 e.